The standard InChI is InChI=1S/C24H28FN3O3/c1-15-8-9-17(18-7-5-6-11-26-18)20(21(15)25)22(29)27-12-10-16-13-28(19(16)14-27)23(30)31-24(2,3)4/h5-9,11,16,19H,10,12-14H2,1-4H3/t16-,19?/m0/s1. The van der Waals surface area contributed by atoms with E-state index in [2.05, 4.69) is 4.98 Å². The SMILES string of the molecule is Cc1ccc(-c2ccccn2)c(C(=O)N2CC[C@H]3CN(C(=O)OC(C)(C)C)C3C2)c1F. The lowest BCUT2D eigenvalue weighted by atomic mass is 9.82. The second-order valence-corrected chi connectivity index (χ2v) is 9.33. The minimum atomic E-state index is -0.575. The van der Waals surface area contributed by atoms with Crippen LogP contribution in [0.4, 0.5) is 9.18 Å². The van der Waals surface area contributed by atoms with E-state index < -0.39 is 11.4 Å². The molecule has 2 aromatic rings. The Morgan fingerprint density at radius 1 is 1.16 bits per heavy atom. The highest BCUT2D eigenvalue weighted by molar-refractivity contribution is 6.01. The highest BCUT2D eigenvalue weighted by Gasteiger charge is 2.47. The molecule has 0 saturated carbocycles. The first-order valence-corrected chi connectivity index (χ1v) is 10.6. The zero-order chi connectivity index (χ0) is 22.3. The van der Waals surface area contributed by atoms with Crippen LogP contribution in [0.15, 0.2) is 36.5 Å². The molecule has 2 amide bonds. The number of nitrogens with zero attached hydrogens (tertiary/aromatic N) is 3. The predicted octanol–water partition coefficient (Wildman–Crippen LogP) is 4.28. The third kappa shape index (κ3) is 4.13. The van der Waals surface area contributed by atoms with Crippen molar-refractivity contribution in [2.24, 2.45) is 5.92 Å². The minimum Gasteiger partial charge on any atom is -0.444 e. The van der Waals surface area contributed by atoms with Crippen LogP contribution in [0.5, 0.6) is 0 Å². The van der Waals surface area contributed by atoms with Crippen LogP contribution >= 0.6 is 0 Å². The zero-order valence-electron chi connectivity index (χ0n) is 18.4. The van der Waals surface area contributed by atoms with Crippen molar-refractivity contribution in [1.29, 1.82) is 0 Å². The van der Waals surface area contributed by atoms with Crippen molar-refractivity contribution in [2.45, 2.75) is 45.8 Å². The average Bonchev–Trinajstić information content (AvgIpc) is 2.69. The number of fused-ring (bicyclic) bond motifs is 1. The Labute approximate surface area is 182 Å². The molecule has 3 heterocycles. The zero-order valence-corrected chi connectivity index (χ0v) is 18.4. The number of hydrogen-bond donors (Lipinski definition) is 0. The normalized spacial score (nSPS) is 20.7. The van der Waals surface area contributed by atoms with Gasteiger partial charge >= 0.3 is 6.09 Å². The van der Waals surface area contributed by atoms with Gasteiger partial charge in [0.15, 0.2) is 0 Å². The second-order valence-electron chi connectivity index (χ2n) is 9.33. The smallest absolute Gasteiger partial charge is 0.410 e. The van der Waals surface area contributed by atoms with Gasteiger partial charge in [0, 0.05) is 37.3 Å². The fourth-order valence-corrected chi connectivity index (χ4v) is 4.29. The maximum absolute atomic E-state index is 15.2. The van der Waals surface area contributed by atoms with E-state index in [9.17, 15) is 9.59 Å². The first-order valence-electron chi connectivity index (χ1n) is 10.6. The number of aryl methyl sites for hydroxylation is 1. The summed E-state index contributed by atoms with van der Waals surface area (Å²) in [6, 6.07) is 8.67. The van der Waals surface area contributed by atoms with Crippen LogP contribution in [-0.4, -0.2) is 58.1 Å². The first-order chi connectivity index (χ1) is 14.7. The van der Waals surface area contributed by atoms with Crippen molar-refractivity contribution in [2.75, 3.05) is 19.6 Å². The molecule has 1 unspecified atom stereocenters. The summed E-state index contributed by atoms with van der Waals surface area (Å²) in [7, 11) is 0. The summed E-state index contributed by atoms with van der Waals surface area (Å²) in [5, 5.41) is 0. The average molecular weight is 426 g/mol. The number of piperidine rings is 1. The third-order valence-electron chi connectivity index (χ3n) is 5.96. The van der Waals surface area contributed by atoms with E-state index in [4.69, 9.17) is 4.74 Å². The molecule has 0 N–H and O–H groups in total. The monoisotopic (exact) mass is 425 g/mol. The Bertz CT molecular complexity index is 1000. The lowest BCUT2D eigenvalue weighted by molar-refractivity contribution is -0.0546. The maximum atomic E-state index is 15.2. The number of carbonyl (C=O) groups is 2. The number of rotatable bonds is 2. The van der Waals surface area contributed by atoms with Crippen molar-refractivity contribution >= 4 is 12.0 Å². The summed E-state index contributed by atoms with van der Waals surface area (Å²) in [5.41, 5.74) is 0.915. The molecule has 1 aromatic heterocycles. The van der Waals surface area contributed by atoms with Gasteiger partial charge in [-0.2, -0.15) is 0 Å². The van der Waals surface area contributed by atoms with Crippen molar-refractivity contribution in [3.8, 4) is 11.3 Å². The number of hydrogen-bond acceptors (Lipinski definition) is 4. The van der Waals surface area contributed by atoms with Crippen LogP contribution in [-0.2, 0) is 4.74 Å². The molecule has 2 aliphatic heterocycles. The van der Waals surface area contributed by atoms with E-state index in [0.717, 1.165) is 6.42 Å². The Hall–Kier alpha value is -2.96. The largest absolute Gasteiger partial charge is 0.444 e. The molecule has 164 valence electrons. The quantitative estimate of drug-likeness (QED) is 0.721. The fraction of sp³-hybridized carbons (Fsp3) is 0.458. The highest BCUT2D eigenvalue weighted by atomic mass is 19.1. The summed E-state index contributed by atoms with van der Waals surface area (Å²) in [4.78, 5) is 33.6. The van der Waals surface area contributed by atoms with Gasteiger partial charge in [0.25, 0.3) is 5.91 Å². The van der Waals surface area contributed by atoms with Crippen LogP contribution in [0.1, 0.15) is 43.1 Å². The molecule has 0 radical (unpaired) electrons. The van der Waals surface area contributed by atoms with Crippen LogP contribution < -0.4 is 0 Å². The van der Waals surface area contributed by atoms with Gasteiger partial charge in [-0.05, 0) is 51.8 Å². The number of likely N-dealkylation sites (tertiary alicyclic amines) is 2. The van der Waals surface area contributed by atoms with Gasteiger partial charge in [0.1, 0.15) is 11.4 Å². The van der Waals surface area contributed by atoms with Crippen LogP contribution in [0.3, 0.4) is 0 Å². The molecule has 0 aliphatic carbocycles. The van der Waals surface area contributed by atoms with Gasteiger partial charge in [-0.15, -0.1) is 0 Å². The van der Waals surface area contributed by atoms with E-state index >= 15 is 4.39 Å². The maximum Gasteiger partial charge on any atom is 0.410 e. The minimum absolute atomic E-state index is 0.0419. The molecular formula is C24H28FN3O3. The number of ether oxygens (including phenoxy) is 1. The number of pyridine rings is 1. The Balaban J connectivity index is 1.58. The van der Waals surface area contributed by atoms with Gasteiger partial charge < -0.3 is 14.5 Å². The van der Waals surface area contributed by atoms with Gasteiger partial charge in [0.05, 0.1) is 17.3 Å². The predicted molar refractivity (Wildman–Crippen MR) is 115 cm³/mol. The lowest BCUT2D eigenvalue weighted by Gasteiger charge is -2.53. The van der Waals surface area contributed by atoms with Gasteiger partial charge in [-0.1, -0.05) is 18.2 Å². The summed E-state index contributed by atoms with van der Waals surface area (Å²) in [6.45, 7) is 8.70. The van der Waals surface area contributed by atoms with Crippen molar-refractivity contribution in [3.05, 3.63) is 53.5 Å². The number of carbonyl (C=O) groups excluding carboxylic acids is 2. The molecule has 6 nitrogen and oxygen atoms in total. The molecule has 31 heavy (non-hydrogen) atoms. The summed E-state index contributed by atoms with van der Waals surface area (Å²) < 4.78 is 20.7. The van der Waals surface area contributed by atoms with E-state index in [-0.39, 0.29) is 23.6 Å². The van der Waals surface area contributed by atoms with Crippen molar-refractivity contribution in [1.82, 2.24) is 14.8 Å². The lowest BCUT2D eigenvalue weighted by Crippen LogP contribution is -2.66. The molecule has 0 spiro atoms. The Morgan fingerprint density at radius 2 is 1.94 bits per heavy atom. The van der Waals surface area contributed by atoms with E-state index in [1.54, 1.807) is 47.2 Å². The van der Waals surface area contributed by atoms with Crippen molar-refractivity contribution in [3.63, 3.8) is 0 Å². The molecular weight excluding hydrogens is 397 g/mol. The topological polar surface area (TPSA) is 62.7 Å². The Morgan fingerprint density at radius 3 is 2.61 bits per heavy atom. The number of benzene rings is 1. The number of aromatic nitrogens is 1. The number of halogens is 1. The molecule has 2 saturated heterocycles. The molecule has 2 aliphatic rings. The summed E-state index contributed by atoms with van der Waals surface area (Å²) in [5.74, 6) is -0.543. The van der Waals surface area contributed by atoms with Crippen LogP contribution in [0.2, 0.25) is 0 Å². The second kappa shape index (κ2) is 7.94. The van der Waals surface area contributed by atoms with Gasteiger partial charge in [-0.3, -0.25) is 9.78 Å². The fourth-order valence-electron chi connectivity index (χ4n) is 4.29. The van der Waals surface area contributed by atoms with E-state index in [1.807, 2.05) is 26.8 Å². The van der Waals surface area contributed by atoms with Gasteiger partial charge in [-0.25, -0.2) is 9.18 Å². The summed E-state index contributed by atoms with van der Waals surface area (Å²) >= 11 is 0. The van der Waals surface area contributed by atoms with E-state index in [0.29, 0.717) is 42.4 Å². The van der Waals surface area contributed by atoms with E-state index in [1.165, 1.54) is 0 Å². The number of amides is 2. The molecule has 1 aromatic carbocycles. The molecule has 2 fully saturated rings. The first kappa shape index (κ1) is 21.3. The van der Waals surface area contributed by atoms with Crippen LogP contribution in [0.25, 0.3) is 11.3 Å². The highest BCUT2D eigenvalue weighted by Crippen LogP contribution is 2.35. The van der Waals surface area contributed by atoms with Gasteiger partial charge in [0.2, 0.25) is 0 Å². The molecule has 7 heteroatoms. The molecule has 2 atom stereocenters. The summed E-state index contributed by atoms with van der Waals surface area (Å²) in [6.07, 6.45) is 2.04. The third-order valence-corrected chi connectivity index (χ3v) is 5.96. The molecule has 4 rings (SSSR count). The van der Waals surface area contributed by atoms with Crippen molar-refractivity contribution < 1.29 is 18.7 Å². The Kier molecular flexibility index (Phi) is 5.45. The molecule has 0 bridgehead atoms. The van der Waals surface area contributed by atoms with Crippen LogP contribution in [0, 0.1) is 18.7 Å².